The van der Waals surface area contributed by atoms with E-state index in [0.29, 0.717) is 26.4 Å². The summed E-state index contributed by atoms with van der Waals surface area (Å²) in [6.45, 7) is 5.78. The normalized spacial score (nSPS) is 15.7. The lowest BCUT2D eigenvalue weighted by Crippen LogP contribution is -2.24. The summed E-state index contributed by atoms with van der Waals surface area (Å²) < 4.78 is 15.2. The topological polar surface area (TPSA) is 47.9 Å². The second-order valence-corrected chi connectivity index (χ2v) is 2.92. The van der Waals surface area contributed by atoms with Crippen LogP contribution < -0.4 is 0 Å². The third kappa shape index (κ3) is 8.18. The predicted octanol–water partition coefficient (Wildman–Crippen LogP) is 0.435. The highest BCUT2D eigenvalue weighted by molar-refractivity contribution is 4.56. The average molecular weight is 192 g/mol. The Morgan fingerprint density at radius 1 is 1.08 bits per heavy atom. The van der Waals surface area contributed by atoms with Gasteiger partial charge in [-0.25, -0.2) is 0 Å². The fourth-order valence-corrected chi connectivity index (χ4v) is 0.677. The molecule has 13 heavy (non-hydrogen) atoms. The molecule has 0 bridgehead atoms. The van der Waals surface area contributed by atoms with Crippen molar-refractivity contribution in [2.45, 2.75) is 26.1 Å². The first kappa shape index (κ1) is 12.8. The van der Waals surface area contributed by atoms with E-state index in [1.807, 2.05) is 6.92 Å². The first-order chi connectivity index (χ1) is 6.18. The van der Waals surface area contributed by atoms with Gasteiger partial charge in [0.2, 0.25) is 0 Å². The van der Waals surface area contributed by atoms with Crippen molar-refractivity contribution in [1.29, 1.82) is 0 Å². The van der Waals surface area contributed by atoms with Crippen molar-refractivity contribution in [2.75, 3.05) is 33.5 Å². The molecule has 4 heteroatoms. The summed E-state index contributed by atoms with van der Waals surface area (Å²) in [4.78, 5) is 0. The van der Waals surface area contributed by atoms with Gasteiger partial charge in [-0.05, 0) is 13.8 Å². The Morgan fingerprint density at radius 3 is 2.23 bits per heavy atom. The van der Waals surface area contributed by atoms with Crippen LogP contribution >= 0.6 is 0 Å². The van der Waals surface area contributed by atoms with E-state index in [1.165, 1.54) is 0 Å². The highest BCUT2D eigenvalue weighted by Gasteiger charge is 2.07. The van der Waals surface area contributed by atoms with E-state index in [1.54, 1.807) is 14.0 Å². The molecule has 1 unspecified atom stereocenters. The minimum absolute atomic E-state index is 0.133. The van der Waals surface area contributed by atoms with Crippen molar-refractivity contribution in [2.24, 2.45) is 0 Å². The monoisotopic (exact) mass is 192 g/mol. The Labute approximate surface area is 79.8 Å². The van der Waals surface area contributed by atoms with E-state index in [-0.39, 0.29) is 6.10 Å². The van der Waals surface area contributed by atoms with Crippen molar-refractivity contribution in [1.82, 2.24) is 0 Å². The fourth-order valence-electron chi connectivity index (χ4n) is 0.677. The van der Waals surface area contributed by atoms with Crippen molar-refractivity contribution in [3.63, 3.8) is 0 Å². The second-order valence-electron chi connectivity index (χ2n) is 2.92. The van der Waals surface area contributed by atoms with Gasteiger partial charge in [-0.1, -0.05) is 0 Å². The molecule has 0 saturated heterocycles. The van der Waals surface area contributed by atoms with Gasteiger partial charge in [0.05, 0.1) is 38.6 Å². The number of methoxy groups -OCH3 is 1. The zero-order valence-corrected chi connectivity index (χ0v) is 8.66. The molecule has 0 rings (SSSR count). The Bertz CT molecular complexity index is 106. The van der Waals surface area contributed by atoms with Crippen LogP contribution in [-0.4, -0.2) is 50.9 Å². The molecule has 4 nitrogen and oxygen atoms in total. The summed E-state index contributed by atoms with van der Waals surface area (Å²) in [6.07, 6.45) is -0.565. The molecule has 80 valence electrons. The van der Waals surface area contributed by atoms with Crippen LogP contribution in [0.25, 0.3) is 0 Å². The van der Waals surface area contributed by atoms with E-state index in [0.717, 1.165) is 0 Å². The molecule has 0 aromatic rings. The number of hydrogen-bond acceptors (Lipinski definition) is 4. The molecular weight excluding hydrogens is 172 g/mol. The summed E-state index contributed by atoms with van der Waals surface area (Å²) in [5, 5.41) is 9.08. The standard InChI is InChI=1S/C9H20O4/c1-8(10)9(2)13-7-6-12-5-4-11-3/h8-10H,4-7H2,1-3H3/t8-,9?/m0/s1. The molecule has 2 atom stereocenters. The Balaban J connectivity index is 3.07. The first-order valence-electron chi connectivity index (χ1n) is 4.54. The van der Waals surface area contributed by atoms with Crippen LogP contribution in [0.2, 0.25) is 0 Å². The van der Waals surface area contributed by atoms with Gasteiger partial charge in [0.15, 0.2) is 0 Å². The maximum Gasteiger partial charge on any atom is 0.0804 e. The fraction of sp³-hybridized carbons (Fsp3) is 1.00. The average Bonchev–Trinajstić information content (AvgIpc) is 2.10. The maximum absolute atomic E-state index is 9.08. The van der Waals surface area contributed by atoms with Gasteiger partial charge in [-0.3, -0.25) is 0 Å². The largest absolute Gasteiger partial charge is 0.391 e. The maximum atomic E-state index is 9.08. The van der Waals surface area contributed by atoms with Crippen molar-refractivity contribution < 1.29 is 19.3 Å². The lowest BCUT2D eigenvalue weighted by atomic mass is 10.3. The smallest absolute Gasteiger partial charge is 0.0804 e. The van der Waals surface area contributed by atoms with E-state index < -0.39 is 6.10 Å². The molecule has 0 aliphatic carbocycles. The van der Waals surface area contributed by atoms with E-state index >= 15 is 0 Å². The molecule has 0 aliphatic heterocycles. The molecule has 0 heterocycles. The number of rotatable bonds is 8. The van der Waals surface area contributed by atoms with Crippen molar-refractivity contribution >= 4 is 0 Å². The van der Waals surface area contributed by atoms with E-state index in [9.17, 15) is 0 Å². The Kier molecular flexibility index (Phi) is 8.33. The number of aliphatic hydroxyl groups is 1. The molecule has 0 aliphatic rings. The molecular formula is C9H20O4. The van der Waals surface area contributed by atoms with Crippen molar-refractivity contribution in [3.05, 3.63) is 0 Å². The van der Waals surface area contributed by atoms with Gasteiger partial charge in [0, 0.05) is 7.11 Å². The molecule has 0 saturated carbocycles. The van der Waals surface area contributed by atoms with Crippen LogP contribution in [0.15, 0.2) is 0 Å². The van der Waals surface area contributed by atoms with Gasteiger partial charge < -0.3 is 19.3 Å². The van der Waals surface area contributed by atoms with Crippen LogP contribution in [0.4, 0.5) is 0 Å². The zero-order valence-electron chi connectivity index (χ0n) is 8.66. The summed E-state index contributed by atoms with van der Waals surface area (Å²) >= 11 is 0. The quantitative estimate of drug-likeness (QED) is 0.567. The highest BCUT2D eigenvalue weighted by Crippen LogP contribution is 1.96. The van der Waals surface area contributed by atoms with Crippen molar-refractivity contribution in [3.8, 4) is 0 Å². The predicted molar refractivity (Wildman–Crippen MR) is 49.8 cm³/mol. The van der Waals surface area contributed by atoms with Gasteiger partial charge in [-0.2, -0.15) is 0 Å². The van der Waals surface area contributed by atoms with Gasteiger partial charge in [0.25, 0.3) is 0 Å². The highest BCUT2D eigenvalue weighted by atomic mass is 16.5. The molecule has 0 aromatic carbocycles. The van der Waals surface area contributed by atoms with Crippen LogP contribution in [0, 0.1) is 0 Å². The summed E-state index contributed by atoms with van der Waals surface area (Å²) in [6, 6.07) is 0. The second kappa shape index (κ2) is 8.44. The number of hydrogen-bond donors (Lipinski definition) is 1. The Hall–Kier alpha value is -0.160. The number of ether oxygens (including phenoxy) is 3. The molecule has 0 aromatic heterocycles. The minimum atomic E-state index is -0.432. The Morgan fingerprint density at radius 2 is 1.69 bits per heavy atom. The summed E-state index contributed by atoms with van der Waals surface area (Å²) in [5.41, 5.74) is 0. The first-order valence-corrected chi connectivity index (χ1v) is 4.54. The number of aliphatic hydroxyl groups excluding tert-OH is 1. The molecule has 1 N–H and O–H groups in total. The zero-order chi connectivity index (χ0) is 10.1. The van der Waals surface area contributed by atoms with Crippen LogP contribution in [0.5, 0.6) is 0 Å². The lowest BCUT2D eigenvalue weighted by molar-refractivity contribution is -0.0446. The molecule has 0 radical (unpaired) electrons. The SMILES string of the molecule is COCCOCCOC(C)[C@H](C)O. The van der Waals surface area contributed by atoms with Gasteiger partial charge in [0.1, 0.15) is 0 Å². The molecule has 0 spiro atoms. The van der Waals surface area contributed by atoms with Crippen LogP contribution in [0.1, 0.15) is 13.8 Å². The van der Waals surface area contributed by atoms with Gasteiger partial charge in [-0.15, -0.1) is 0 Å². The third-order valence-electron chi connectivity index (χ3n) is 1.72. The molecule has 0 fully saturated rings. The third-order valence-corrected chi connectivity index (χ3v) is 1.72. The molecule has 0 amide bonds. The summed E-state index contributed by atoms with van der Waals surface area (Å²) in [5.74, 6) is 0. The lowest BCUT2D eigenvalue weighted by Gasteiger charge is -2.15. The minimum Gasteiger partial charge on any atom is -0.391 e. The van der Waals surface area contributed by atoms with E-state index in [4.69, 9.17) is 19.3 Å². The summed E-state index contributed by atoms with van der Waals surface area (Å²) in [7, 11) is 1.63. The van der Waals surface area contributed by atoms with E-state index in [2.05, 4.69) is 0 Å². The van der Waals surface area contributed by atoms with Gasteiger partial charge >= 0.3 is 0 Å². The van der Waals surface area contributed by atoms with Crippen LogP contribution in [0.3, 0.4) is 0 Å². The van der Waals surface area contributed by atoms with Crippen LogP contribution in [-0.2, 0) is 14.2 Å².